The highest BCUT2D eigenvalue weighted by Crippen LogP contribution is 2.39. The molecule has 0 spiro atoms. The van der Waals surface area contributed by atoms with E-state index in [0.717, 1.165) is 17.1 Å². The SMILES string of the molecule is Cc1ccc(N(c2ccc(C)cc2)c2ccc3c4ccccc4n(-c4ccccc4)c3c2)cc1. The van der Waals surface area contributed by atoms with Crippen LogP contribution in [0.25, 0.3) is 27.5 Å². The van der Waals surface area contributed by atoms with Crippen LogP contribution >= 0.6 is 0 Å². The lowest BCUT2D eigenvalue weighted by Gasteiger charge is -2.26. The summed E-state index contributed by atoms with van der Waals surface area (Å²) < 4.78 is 2.37. The maximum absolute atomic E-state index is 2.37. The number of anilines is 3. The Hall–Kier alpha value is -4.30. The van der Waals surface area contributed by atoms with Gasteiger partial charge < -0.3 is 9.47 Å². The molecule has 0 aliphatic heterocycles. The minimum absolute atomic E-state index is 1.14. The minimum atomic E-state index is 1.14. The van der Waals surface area contributed by atoms with E-state index in [1.807, 2.05) is 0 Å². The predicted molar refractivity (Wildman–Crippen MR) is 145 cm³/mol. The number of fused-ring (bicyclic) bond motifs is 3. The molecule has 0 bridgehead atoms. The summed E-state index contributed by atoms with van der Waals surface area (Å²) in [4.78, 5) is 2.34. The third-order valence-electron chi connectivity index (χ3n) is 6.51. The molecular weight excluding hydrogens is 412 g/mol. The summed E-state index contributed by atoms with van der Waals surface area (Å²) in [6.07, 6.45) is 0. The highest BCUT2D eigenvalue weighted by atomic mass is 15.1. The number of nitrogens with zero attached hydrogens (tertiary/aromatic N) is 2. The van der Waals surface area contributed by atoms with Crippen LogP contribution in [-0.4, -0.2) is 4.57 Å². The van der Waals surface area contributed by atoms with Gasteiger partial charge in [0.05, 0.1) is 11.0 Å². The van der Waals surface area contributed by atoms with Crippen molar-refractivity contribution in [1.29, 1.82) is 0 Å². The van der Waals surface area contributed by atoms with Crippen LogP contribution in [0.5, 0.6) is 0 Å². The third kappa shape index (κ3) is 3.45. The second-order valence-corrected chi connectivity index (χ2v) is 8.90. The summed E-state index contributed by atoms with van der Waals surface area (Å²) in [6, 6.07) is 43.6. The smallest absolute Gasteiger partial charge is 0.0561 e. The van der Waals surface area contributed by atoms with Crippen LogP contribution in [0.15, 0.2) is 121 Å². The lowest BCUT2D eigenvalue weighted by Crippen LogP contribution is -2.10. The van der Waals surface area contributed by atoms with Crippen LogP contribution in [0.2, 0.25) is 0 Å². The van der Waals surface area contributed by atoms with Gasteiger partial charge in [0.2, 0.25) is 0 Å². The van der Waals surface area contributed by atoms with Crippen LogP contribution < -0.4 is 4.90 Å². The number of para-hydroxylation sites is 2. The maximum Gasteiger partial charge on any atom is 0.0561 e. The molecular formula is C32H26N2. The normalized spacial score (nSPS) is 11.2. The Kier molecular flexibility index (Phi) is 4.92. The topological polar surface area (TPSA) is 8.17 Å². The molecule has 0 aliphatic rings. The van der Waals surface area contributed by atoms with Crippen LogP contribution in [0.1, 0.15) is 11.1 Å². The van der Waals surface area contributed by atoms with Gasteiger partial charge in [-0.3, -0.25) is 0 Å². The van der Waals surface area contributed by atoms with Gasteiger partial charge in [-0.2, -0.15) is 0 Å². The van der Waals surface area contributed by atoms with Crippen molar-refractivity contribution in [3.63, 3.8) is 0 Å². The average molecular weight is 439 g/mol. The van der Waals surface area contributed by atoms with E-state index >= 15 is 0 Å². The highest BCUT2D eigenvalue weighted by Gasteiger charge is 2.17. The molecule has 1 aromatic heterocycles. The average Bonchev–Trinajstić information content (AvgIpc) is 3.21. The Labute approximate surface area is 200 Å². The molecule has 5 aromatic carbocycles. The maximum atomic E-state index is 2.37. The van der Waals surface area contributed by atoms with Gasteiger partial charge in [0.1, 0.15) is 0 Å². The van der Waals surface area contributed by atoms with Gasteiger partial charge >= 0.3 is 0 Å². The lowest BCUT2D eigenvalue weighted by atomic mass is 10.1. The van der Waals surface area contributed by atoms with Crippen LogP contribution in [0.3, 0.4) is 0 Å². The molecule has 0 amide bonds. The Morgan fingerprint density at radius 3 is 1.65 bits per heavy atom. The van der Waals surface area contributed by atoms with E-state index in [2.05, 4.69) is 145 Å². The van der Waals surface area contributed by atoms with Gasteiger partial charge in [0.15, 0.2) is 0 Å². The van der Waals surface area contributed by atoms with E-state index in [-0.39, 0.29) is 0 Å². The zero-order valence-electron chi connectivity index (χ0n) is 19.4. The Balaban J connectivity index is 1.63. The number of hydrogen-bond acceptors (Lipinski definition) is 1. The van der Waals surface area contributed by atoms with Gasteiger partial charge in [-0.15, -0.1) is 0 Å². The van der Waals surface area contributed by atoms with Crippen molar-refractivity contribution < 1.29 is 0 Å². The van der Waals surface area contributed by atoms with E-state index in [0.29, 0.717) is 0 Å². The number of hydrogen-bond donors (Lipinski definition) is 0. The Morgan fingerprint density at radius 1 is 0.471 bits per heavy atom. The first-order valence-electron chi connectivity index (χ1n) is 11.7. The Morgan fingerprint density at radius 2 is 1.00 bits per heavy atom. The summed E-state index contributed by atoms with van der Waals surface area (Å²) >= 11 is 0. The fraction of sp³-hybridized carbons (Fsp3) is 0.0625. The molecule has 0 saturated carbocycles. The number of benzene rings is 5. The van der Waals surface area contributed by atoms with Gasteiger partial charge in [0, 0.05) is 33.5 Å². The van der Waals surface area contributed by atoms with E-state index < -0.39 is 0 Å². The first-order valence-corrected chi connectivity index (χ1v) is 11.7. The standard InChI is InChI=1S/C32H26N2/c1-23-12-16-26(17-13-23)33(27-18-14-24(2)15-19-27)28-20-21-30-29-10-6-7-11-31(29)34(32(30)22-28)25-8-4-3-5-9-25/h3-22H,1-2H3. The number of aromatic nitrogens is 1. The fourth-order valence-electron chi connectivity index (χ4n) is 4.79. The molecule has 1 heterocycles. The summed E-state index contributed by atoms with van der Waals surface area (Å²) in [6.45, 7) is 4.26. The van der Waals surface area contributed by atoms with Crippen molar-refractivity contribution in [3.05, 3.63) is 132 Å². The number of aryl methyl sites for hydroxylation is 2. The predicted octanol–water partition coefficient (Wildman–Crippen LogP) is 8.87. The molecule has 0 saturated heterocycles. The monoisotopic (exact) mass is 438 g/mol. The molecule has 164 valence electrons. The highest BCUT2D eigenvalue weighted by molar-refractivity contribution is 6.10. The molecule has 34 heavy (non-hydrogen) atoms. The number of rotatable bonds is 4. The largest absolute Gasteiger partial charge is 0.310 e. The van der Waals surface area contributed by atoms with E-state index in [1.165, 1.54) is 38.6 Å². The van der Waals surface area contributed by atoms with E-state index in [9.17, 15) is 0 Å². The zero-order chi connectivity index (χ0) is 23.1. The molecule has 0 N–H and O–H groups in total. The van der Waals surface area contributed by atoms with E-state index in [1.54, 1.807) is 0 Å². The molecule has 2 nitrogen and oxygen atoms in total. The summed E-state index contributed by atoms with van der Waals surface area (Å²) in [5, 5.41) is 2.53. The molecule has 6 rings (SSSR count). The van der Waals surface area contributed by atoms with Crippen molar-refractivity contribution in [2.75, 3.05) is 4.90 Å². The molecule has 0 unspecified atom stereocenters. The molecule has 2 heteroatoms. The van der Waals surface area contributed by atoms with Gasteiger partial charge in [-0.25, -0.2) is 0 Å². The minimum Gasteiger partial charge on any atom is -0.310 e. The molecule has 6 aromatic rings. The Bertz CT molecular complexity index is 1550. The third-order valence-corrected chi connectivity index (χ3v) is 6.51. The van der Waals surface area contributed by atoms with Crippen molar-refractivity contribution in [2.24, 2.45) is 0 Å². The summed E-state index contributed by atoms with van der Waals surface area (Å²) in [5.74, 6) is 0. The summed E-state index contributed by atoms with van der Waals surface area (Å²) in [7, 11) is 0. The molecule has 0 radical (unpaired) electrons. The molecule has 0 fully saturated rings. The van der Waals surface area contributed by atoms with Gasteiger partial charge in [-0.1, -0.05) is 77.9 Å². The van der Waals surface area contributed by atoms with Crippen molar-refractivity contribution in [3.8, 4) is 5.69 Å². The second-order valence-electron chi connectivity index (χ2n) is 8.90. The first kappa shape index (κ1) is 20.3. The molecule has 0 atom stereocenters. The fourth-order valence-corrected chi connectivity index (χ4v) is 4.79. The van der Waals surface area contributed by atoms with Crippen LogP contribution in [0, 0.1) is 13.8 Å². The van der Waals surface area contributed by atoms with E-state index in [4.69, 9.17) is 0 Å². The molecule has 0 aliphatic carbocycles. The quantitative estimate of drug-likeness (QED) is 0.267. The zero-order valence-corrected chi connectivity index (χ0v) is 19.4. The van der Waals surface area contributed by atoms with Crippen molar-refractivity contribution in [2.45, 2.75) is 13.8 Å². The van der Waals surface area contributed by atoms with Crippen LogP contribution in [-0.2, 0) is 0 Å². The van der Waals surface area contributed by atoms with Crippen LogP contribution in [0.4, 0.5) is 17.1 Å². The van der Waals surface area contributed by atoms with Gasteiger partial charge in [-0.05, 0) is 68.4 Å². The van der Waals surface area contributed by atoms with Crippen molar-refractivity contribution >= 4 is 38.9 Å². The first-order chi connectivity index (χ1) is 16.7. The summed E-state index contributed by atoms with van der Waals surface area (Å²) in [5.41, 5.74) is 9.54. The lowest BCUT2D eigenvalue weighted by molar-refractivity contribution is 1.18. The second kappa shape index (κ2) is 8.24. The van der Waals surface area contributed by atoms with Crippen molar-refractivity contribution in [1.82, 2.24) is 4.57 Å². The van der Waals surface area contributed by atoms with Gasteiger partial charge in [0.25, 0.3) is 0 Å².